The summed E-state index contributed by atoms with van der Waals surface area (Å²) in [5, 5.41) is 16.9. The maximum absolute atomic E-state index is 12.3. The number of likely N-dealkylation sites (tertiary alicyclic amines) is 1. The third-order valence-electron chi connectivity index (χ3n) is 6.20. The van der Waals surface area contributed by atoms with Gasteiger partial charge in [-0.3, -0.25) is 4.90 Å². The molecule has 6 nitrogen and oxygen atoms in total. The molecule has 1 aliphatic heterocycles. The van der Waals surface area contributed by atoms with Crippen molar-refractivity contribution in [1.29, 1.82) is 0 Å². The summed E-state index contributed by atoms with van der Waals surface area (Å²) in [4.78, 5) is 2.23. The van der Waals surface area contributed by atoms with Crippen molar-refractivity contribution in [2.75, 3.05) is 19.0 Å². The van der Waals surface area contributed by atoms with Crippen LogP contribution < -0.4 is 9.88 Å². The van der Waals surface area contributed by atoms with Gasteiger partial charge in [0.25, 0.3) is 0 Å². The second-order valence-electron chi connectivity index (χ2n) is 8.68. The van der Waals surface area contributed by atoms with Crippen molar-refractivity contribution in [1.82, 2.24) is 4.90 Å². The summed E-state index contributed by atoms with van der Waals surface area (Å²) in [6, 6.07) is 22.6. The molecule has 1 heterocycles. The van der Waals surface area contributed by atoms with E-state index in [-0.39, 0.29) is 4.90 Å². The highest BCUT2D eigenvalue weighted by Gasteiger charge is 2.37. The number of sulfonamides is 1. The van der Waals surface area contributed by atoms with Gasteiger partial charge in [0.2, 0.25) is 10.0 Å². The normalized spacial score (nSPS) is 16.3. The number of hydrogen-bond donors (Lipinski definition) is 2. The quantitative estimate of drug-likeness (QED) is 0.447. The van der Waals surface area contributed by atoms with E-state index in [1.807, 2.05) is 60.7 Å². The summed E-state index contributed by atoms with van der Waals surface area (Å²) in [6.45, 7) is 1.94. The summed E-state index contributed by atoms with van der Waals surface area (Å²) in [5.74, 6) is 1.93. The number of hydrogen-bond acceptors (Lipinski definition) is 5. The first-order chi connectivity index (χ1) is 16.3. The number of aliphatic hydroxyl groups is 1. The van der Waals surface area contributed by atoms with Crippen molar-refractivity contribution < 1.29 is 18.3 Å². The number of ether oxygens (including phenoxy) is 1. The van der Waals surface area contributed by atoms with E-state index in [0.717, 1.165) is 22.6 Å². The zero-order valence-electron chi connectivity index (χ0n) is 18.9. The van der Waals surface area contributed by atoms with Crippen LogP contribution in [0.15, 0.2) is 77.7 Å². The highest BCUT2D eigenvalue weighted by Crippen LogP contribution is 2.37. The van der Waals surface area contributed by atoms with Crippen molar-refractivity contribution in [3.05, 3.63) is 89.5 Å². The second kappa shape index (κ2) is 10.5. The van der Waals surface area contributed by atoms with Gasteiger partial charge in [0.15, 0.2) is 0 Å². The number of benzene rings is 3. The predicted octanol–water partition coefficient (Wildman–Crippen LogP) is 4.39. The third kappa shape index (κ3) is 5.98. The van der Waals surface area contributed by atoms with Crippen LogP contribution in [0.25, 0.3) is 0 Å². The number of aryl methyl sites for hydroxylation is 1. The van der Waals surface area contributed by atoms with Crippen LogP contribution in [0.4, 0.5) is 0 Å². The number of rotatable bonds is 8. The molecule has 1 fully saturated rings. The van der Waals surface area contributed by atoms with Crippen molar-refractivity contribution in [2.24, 2.45) is 5.14 Å². The molecule has 0 amide bonds. The Bertz CT molecular complexity index is 1230. The zero-order valence-corrected chi connectivity index (χ0v) is 20.4. The lowest BCUT2D eigenvalue weighted by Crippen LogP contribution is -2.43. The fraction of sp³-hybridized carbons (Fsp3) is 0.308. The number of halogens is 1. The average molecular weight is 501 g/mol. The van der Waals surface area contributed by atoms with Crippen LogP contribution in [-0.4, -0.2) is 37.4 Å². The maximum atomic E-state index is 12.3. The van der Waals surface area contributed by atoms with E-state index in [4.69, 9.17) is 21.5 Å². The average Bonchev–Trinajstić information content (AvgIpc) is 2.81. The van der Waals surface area contributed by atoms with Gasteiger partial charge >= 0.3 is 0 Å². The van der Waals surface area contributed by atoms with E-state index in [1.165, 1.54) is 6.07 Å². The van der Waals surface area contributed by atoms with E-state index < -0.39 is 15.6 Å². The summed E-state index contributed by atoms with van der Waals surface area (Å²) in [5.41, 5.74) is 0.998. The standard InChI is InChI=1S/C26H29ClN2O4S/c27-14-11-20-9-10-24(25(18-20)34(28,31)32)26(30)12-15-29(16-13-26)19-21-5-4-8-23(17-21)33-22-6-2-1-3-7-22/h1-10,17-18,30H,11-16,19H2,(H2,28,31,32). The van der Waals surface area contributed by atoms with Crippen molar-refractivity contribution in [3.63, 3.8) is 0 Å². The number of nitrogens with two attached hydrogens (primary N) is 1. The molecule has 3 aromatic carbocycles. The maximum Gasteiger partial charge on any atom is 0.238 e. The second-order valence-corrected chi connectivity index (χ2v) is 10.6. The molecular formula is C26H29ClN2O4S. The van der Waals surface area contributed by atoms with Gasteiger partial charge in [-0.15, -0.1) is 11.6 Å². The molecule has 1 saturated heterocycles. The Morgan fingerprint density at radius 3 is 2.32 bits per heavy atom. The van der Waals surface area contributed by atoms with E-state index in [2.05, 4.69) is 4.90 Å². The number of primary sulfonamides is 1. The molecule has 0 aromatic heterocycles. The smallest absolute Gasteiger partial charge is 0.238 e. The van der Waals surface area contributed by atoms with Gasteiger partial charge in [-0.2, -0.15) is 0 Å². The predicted molar refractivity (Wildman–Crippen MR) is 134 cm³/mol. The Morgan fingerprint density at radius 2 is 1.65 bits per heavy atom. The number of piperidine rings is 1. The van der Waals surface area contributed by atoms with Crippen LogP contribution in [0.3, 0.4) is 0 Å². The molecule has 0 bridgehead atoms. The molecule has 34 heavy (non-hydrogen) atoms. The molecular weight excluding hydrogens is 472 g/mol. The van der Waals surface area contributed by atoms with Gasteiger partial charge in [-0.1, -0.05) is 42.5 Å². The highest BCUT2D eigenvalue weighted by atomic mass is 35.5. The Hall–Kier alpha value is -2.42. The van der Waals surface area contributed by atoms with Gasteiger partial charge in [0, 0.05) is 31.1 Å². The molecule has 0 aliphatic carbocycles. The molecule has 8 heteroatoms. The fourth-order valence-corrected chi connectivity index (χ4v) is 5.49. The van der Waals surface area contributed by atoms with E-state index in [9.17, 15) is 13.5 Å². The van der Waals surface area contributed by atoms with Crippen molar-refractivity contribution >= 4 is 21.6 Å². The lowest BCUT2D eigenvalue weighted by Gasteiger charge is -2.39. The first kappa shape index (κ1) is 24.7. The van der Waals surface area contributed by atoms with Crippen LogP contribution in [-0.2, 0) is 28.6 Å². The van der Waals surface area contributed by atoms with E-state index in [0.29, 0.717) is 50.3 Å². The molecule has 4 rings (SSSR count). The van der Waals surface area contributed by atoms with Crippen molar-refractivity contribution in [2.45, 2.75) is 36.3 Å². The Morgan fingerprint density at radius 1 is 0.941 bits per heavy atom. The van der Waals surface area contributed by atoms with Crippen LogP contribution in [0.2, 0.25) is 0 Å². The summed E-state index contributed by atoms with van der Waals surface area (Å²) in [6.07, 6.45) is 1.35. The third-order valence-corrected chi connectivity index (χ3v) is 7.34. The first-order valence-electron chi connectivity index (χ1n) is 11.3. The lowest BCUT2D eigenvalue weighted by atomic mass is 9.83. The Labute approximate surface area is 206 Å². The molecule has 180 valence electrons. The first-order valence-corrected chi connectivity index (χ1v) is 13.3. The van der Waals surface area contributed by atoms with Crippen LogP contribution in [0.5, 0.6) is 11.5 Å². The number of alkyl halides is 1. The monoisotopic (exact) mass is 500 g/mol. The largest absolute Gasteiger partial charge is 0.457 e. The molecule has 0 atom stereocenters. The minimum absolute atomic E-state index is 0.0168. The fourth-order valence-electron chi connectivity index (χ4n) is 4.39. The topological polar surface area (TPSA) is 92.9 Å². The molecule has 0 spiro atoms. The van der Waals surface area contributed by atoms with Crippen LogP contribution in [0, 0.1) is 0 Å². The molecule has 0 radical (unpaired) electrons. The minimum atomic E-state index is -3.99. The van der Waals surface area contributed by atoms with Gasteiger partial charge in [0.05, 0.1) is 10.5 Å². The summed E-state index contributed by atoms with van der Waals surface area (Å²) >= 11 is 5.81. The lowest BCUT2D eigenvalue weighted by molar-refractivity contribution is -0.0299. The molecule has 3 N–H and O–H groups in total. The van der Waals surface area contributed by atoms with Gasteiger partial charge in [-0.05, 0) is 60.7 Å². The number of para-hydroxylation sites is 1. The highest BCUT2D eigenvalue weighted by molar-refractivity contribution is 7.89. The van der Waals surface area contributed by atoms with Gasteiger partial charge in [-0.25, -0.2) is 13.6 Å². The summed E-state index contributed by atoms with van der Waals surface area (Å²) < 4.78 is 30.5. The molecule has 1 aliphatic rings. The SMILES string of the molecule is NS(=O)(=O)c1cc(CCCl)ccc1C1(O)CCN(Cc2cccc(Oc3ccccc3)c2)CC1. The van der Waals surface area contributed by atoms with Gasteiger partial charge < -0.3 is 9.84 Å². The van der Waals surface area contributed by atoms with Gasteiger partial charge in [0.1, 0.15) is 11.5 Å². The Balaban J connectivity index is 1.45. The van der Waals surface area contributed by atoms with E-state index >= 15 is 0 Å². The van der Waals surface area contributed by atoms with Crippen LogP contribution in [0.1, 0.15) is 29.5 Å². The van der Waals surface area contributed by atoms with Crippen LogP contribution >= 0.6 is 11.6 Å². The number of nitrogens with zero attached hydrogens (tertiary/aromatic N) is 1. The minimum Gasteiger partial charge on any atom is -0.457 e. The Kier molecular flexibility index (Phi) is 7.60. The molecule has 0 saturated carbocycles. The van der Waals surface area contributed by atoms with Crippen molar-refractivity contribution in [3.8, 4) is 11.5 Å². The molecule has 3 aromatic rings. The summed E-state index contributed by atoms with van der Waals surface area (Å²) in [7, 11) is -3.99. The zero-order chi connectivity index (χ0) is 24.2. The van der Waals surface area contributed by atoms with E-state index in [1.54, 1.807) is 6.07 Å². The molecule has 0 unspecified atom stereocenters.